The summed E-state index contributed by atoms with van der Waals surface area (Å²) >= 11 is 19.8. The first kappa shape index (κ1) is 20.0. The molecular weight excluding hydrogens is 455 g/mol. The van der Waals surface area contributed by atoms with Gasteiger partial charge in [-0.05, 0) is 37.3 Å². The van der Waals surface area contributed by atoms with E-state index in [2.05, 4.69) is 15.1 Å². The van der Waals surface area contributed by atoms with Gasteiger partial charge in [-0.2, -0.15) is 0 Å². The van der Waals surface area contributed by atoms with Gasteiger partial charge in [0.05, 0.1) is 32.9 Å². The number of benzene rings is 2. The molecule has 0 saturated heterocycles. The van der Waals surface area contributed by atoms with Crippen LogP contribution >= 0.6 is 46.1 Å². The van der Waals surface area contributed by atoms with Gasteiger partial charge in [-0.15, -0.1) is 0 Å². The lowest BCUT2D eigenvalue weighted by Gasteiger charge is -2.07. The number of rotatable bonds is 4. The van der Waals surface area contributed by atoms with Crippen LogP contribution in [0.3, 0.4) is 0 Å². The largest absolute Gasteiger partial charge is 0.497 e. The first-order valence-electron chi connectivity index (χ1n) is 8.32. The Morgan fingerprint density at radius 3 is 2.62 bits per heavy atom. The van der Waals surface area contributed by atoms with Crippen molar-refractivity contribution >= 4 is 67.7 Å². The lowest BCUT2D eigenvalue weighted by Crippen LogP contribution is -2.18. The van der Waals surface area contributed by atoms with Gasteiger partial charge in [0.25, 0.3) is 5.56 Å². The number of methoxy groups -OCH3 is 1. The van der Waals surface area contributed by atoms with Gasteiger partial charge in [-0.1, -0.05) is 46.1 Å². The lowest BCUT2D eigenvalue weighted by atomic mass is 10.3. The molecule has 6 nitrogen and oxygen atoms in total. The Labute approximate surface area is 184 Å². The van der Waals surface area contributed by atoms with Crippen molar-refractivity contribution in [3.8, 4) is 11.4 Å². The quantitative estimate of drug-likeness (QED) is 0.385. The van der Waals surface area contributed by atoms with Crippen LogP contribution in [0.4, 0.5) is 5.13 Å². The molecule has 0 amide bonds. The number of aromatic nitrogens is 3. The monoisotopic (exact) mass is 466 g/mol. The Bertz CT molecular complexity index is 1300. The summed E-state index contributed by atoms with van der Waals surface area (Å²) in [5.74, 6) is 0.748. The van der Waals surface area contributed by atoms with Crippen LogP contribution < -0.4 is 10.3 Å². The average molecular weight is 468 g/mol. The molecule has 2 aromatic heterocycles. The van der Waals surface area contributed by atoms with Crippen molar-refractivity contribution in [2.24, 2.45) is 4.99 Å². The van der Waals surface area contributed by atoms with E-state index >= 15 is 0 Å². The summed E-state index contributed by atoms with van der Waals surface area (Å²) in [4.78, 5) is 21.7. The molecule has 2 heterocycles. The second-order valence-corrected chi connectivity index (χ2v) is 8.36. The first-order valence-corrected chi connectivity index (χ1v) is 10.3. The van der Waals surface area contributed by atoms with E-state index in [-0.39, 0.29) is 15.6 Å². The standard InChI is InChI=1S/C19H13Cl3N4O2S/c1-9-12(8-23-19-24-15-4-3-11(28-2)7-16(15)29-19)18(27)26(25-9)17-13(21)5-10(20)6-14(17)22/h3-8,25H,1-2H3. The Morgan fingerprint density at radius 2 is 1.93 bits per heavy atom. The number of nitrogens with zero attached hydrogens (tertiary/aromatic N) is 3. The maximum Gasteiger partial charge on any atom is 0.280 e. The van der Waals surface area contributed by atoms with Crippen LogP contribution in [0.25, 0.3) is 15.9 Å². The van der Waals surface area contributed by atoms with Crippen molar-refractivity contribution in [1.29, 1.82) is 0 Å². The minimum absolute atomic E-state index is 0.259. The SMILES string of the molecule is COc1ccc2nc(N=Cc3c(C)[nH]n(-c4c(Cl)cc(Cl)cc4Cl)c3=O)sc2c1. The molecule has 0 aliphatic carbocycles. The summed E-state index contributed by atoms with van der Waals surface area (Å²) in [7, 11) is 1.61. The number of fused-ring (bicyclic) bond motifs is 1. The summed E-state index contributed by atoms with van der Waals surface area (Å²) in [5, 5.41) is 4.41. The van der Waals surface area contributed by atoms with Gasteiger partial charge < -0.3 is 4.74 Å². The Hall–Kier alpha value is -2.32. The highest BCUT2D eigenvalue weighted by Gasteiger charge is 2.17. The van der Waals surface area contributed by atoms with Crippen LogP contribution in [0.2, 0.25) is 15.1 Å². The van der Waals surface area contributed by atoms with Gasteiger partial charge in [0, 0.05) is 16.9 Å². The van der Waals surface area contributed by atoms with E-state index in [0.717, 1.165) is 16.0 Å². The van der Waals surface area contributed by atoms with E-state index in [0.29, 0.717) is 27.1 Å². The fraction of sp³-hybridized carbons (Fsp3) is 0.105. The van der Waals surface area contributed by atoms with Crippen molar-refractivity contribution < 1.29 is 4.74 Å². The third-order valence-electron chi connectivity index (χ3n) is 4.21. The Kier molecular flexibility index (Phi) is 5.40. The lowest BCUT2D eigenvalue weighted by molar-refractivity contribution is 0.415. The summed E-state index contributed by atoms with van der Waals surface area (Å²) in [6.45, 7) is 1.76. The van der Waals surface area contributed by atoms with Crippen LogP contribution in [0, 0.1) is 6.92 Å². The minimum Gasteiger partial charge on any atom is -0.497 e. The van der Waals surface area contributed by atoms with Crippen LogP contribution in [0.5, 0.6) is 5.75 Å². The van der Waals surface area contributed by atoms with Gasteiger partial charge in [-0.25, -0.2) is 14.7 Å². The summed E-state index contributed by atoms with van der Waals surface area (Å²) in [6.07, 6.45) is 1.48. The number of nitrogens with one attached hydrogen (secondary N) is 1. The second kappa shape index (κ2) is 7.84. The highest BCUT2D eigenvalue weighted by Crippen LogP contribution is 2.32. The highest BCUT2D eigenvalue weighted by atomic mass is 35.5. The van der Waals surface area contributed by atoms with Crippen LogP contribution in [0.1, 0.15) is 11.3 Å². The molecule has 4 aromatic rings. The van der Waals surface area contributed by atoms with E-state index in [1.54, 1.807) is 14.0 Å². The zero-order chi connectivity index (χ0) is 20.7. The van der Waals surface area contributed by atoms with Crippen molar-refractivity contribution in [2.75, 3.05) is 7.11 Å². The van der Waals surface area contributed by atoms with Crippen molar-refractivity contribution in [3.63, 3.8) is 0 Å². The molecule has 148 valence electrons. The number of H-pyrrole nitrogens is 1. The maximum atomic E-state index is 12.9. The fourth-order valence-corrected chi connectivity index (χ4v) is 4.64. The first-order chi connectivity index (χ1) is 13.9. The molecule has 10 heteroatoms. The van der Waals surface area contributed by atoms with E-state index < -0.39 is 0 Å². The van der Waals surface area contributed by atoms with Crippen molar-refractivity contribution in [2.45, 2.75) is 6.92 Å². The highest BCUT2D eigenvalue weighted by molar-refractivity contribution is 7.22. The van der Waals surface area contributed by atoms with Gasteiger partial charge in [-0.3, -0.25) is 9.89 Å². The van der Waals surface area contributed by atoms with E-state index in [1.807, 2.05) is 18.2 Å². The van der Waals surface area contributed by atoms with E-state index in [4.69, 9.17) is 39.5 Å². The Morgan fingerprint density at radius 1 is 1.21 bits per heavy atom. The maximum absolute atomic E-state index is 12.9. The van der Waals surface area contributed by atoms with Gasteiger partial charge in [0.1, 0.15) is 11.4 Å². The molecule has 0 saturated carbocycles. The molecule has 29 heavy (non-hydrogen) atoms. The third-order valence-corrected chi connectivity index (χ3v) is 5.93. The second-order valence-electron chi connectivity index (χ2n) is 6.10. The third kappa shape index (κ3) is 3.79. The zero-order valence-corrected chi connectivity index (χ0v) is 18.2. The van der Waals surface area contributed by atoms with Gasteiger partial charge in [0.2, 0.25) is 5.13 Å². The number of halogens is 3. The summed E-state index contributed by atoms with van der Waals surface area (Å²) in [6, 6.07) is 8.64. The van der Waals surface area contributed by atoms with Gasteiger partial charge >= 0.3 is 0 Å². The molecule has 0 aliphatic rings. The van der Waals surface area contributed by atoms with Crippen molar-refractivity contribution in [3.05, 3.63) is 67.0 Å². The number of aromatic amines is 1. The van der Waals surface area contributed by atoms with Crippen LogP contribution in [-0.2, 0) is 0 Å². The molecule has 0 aliphatic heterocycles. The summed E-state index contributed by atoms with van der Waals surface area (Å²) < 4.78 is 7.45. The number of hydrogen-bond donors (Lipinski definition) is 1. The number of ether oxygens (including phenoxy) is 1. The molecule has 4 rings (SSSR count). The zero-order valence-electron chi connectivity index (χ0n) is 15.2. The average Bonchev–Trinajstić information content (AvgIpc) is 3.19. The normalized spacial score (nSPS) is 11.6. The van der Waals surface area contributed by atoms with Crippen molar-refractivity contribution in [1.82, 2.24) is 14.8 Å². The number of aliphatic imine (C=N–C) groups is 1. The molecule has 0 unspecified atom stereocenters. The van der Waals surface area contributed by atoms with E-state index in [1.165, 1.54) is 34.4 Å². The van der Waals surface area contributed by atoms with E-state index in [9.17, 15) is 4.79 Å². The molecular formula is C19H13Cl3N4O2S. The van der Waals surface area contributed by atoms with Crippen LogP contribution in [0.15, 0.2) is 40.1 Å². The molecule has 2 aromatic carbocycles. The molecule has 1 N–H and O–H groups in total. The molecule has 0 fully saturated rings. The predicted octanol–water partition coefficient (Wildman–Crippen LogP) is 5.80. The minimum atomic E-state index is -0.333. The molecule has 0 bridgehead atoms. The molecule has 0 atom stereocenters. The summed E-state index contributed by atoms with van der Waals surface area (Å²) in [5.41, 5.74) is 1.80. The number of thiazole rings is 1. The van der Waals surface area contributed by atoms with Crippen LogP contribution in [-0.4, -0.2) is 28.1 Å². The fourth-order valence-electron chi connectivity index (χ4n) is 2.81. The van der Waals surface area contributed by atoms with Gasteiger partial charge in [0.15, 0.2) is 0 Å². The topological polar surface area (TPSA) is 72.3 Å². The number of aryl methyl sites for hydroxylation is 1. The molecule has 0 spiro atoms. The number of hydrogen-bond acceptors (Lipinski definition) is 5. The molecule has 0 radical (unpaired) electrons. The smallest absolute Gasteiger partial charge is 0.280 e. The Balaban J connectivity index is 1.73. The predicted molar refractivity (Wildman–Crippen MR) is 120 cm³/mol.